The van der Waals surface area contributed by atoms with Crippen LogP contribution < -0.4 is 0 Å². The Hall–Kier alpha value is -0.830. The van der Waals surface area contributed by atoms with Crippen molar-refractivity contribution in [1.82, 2.24) is 9.78 Å². The van der Waals surface area contributed by atoms with Crippen molar-refractivity contribution >= 4 is 0 Å². The summed E-state index contributed by atoms with van der Waals surface area (Å²) in [6, 6.07) is 2.47. The highest BCUT2D eigenvalue weighted by atomic mass is 16.3. The van der Waals surface area contributed by atoms with Crippen LogP contribution in [0.25, 0.3) is 0 Å². The van der Waals surface area contributed by atoms with Gasteiger partial charge in [0, 0.05) is 18.7 Å². The molecule has 0 radical (unpaired) electrons. The fourth-order valence-corrected chi connectivity index (χ4v) is 2.05. The summed E-state index contributed by atoms with van der Waals surface area (Å²) in [5.41, 5.74) is 1.01. The number of aliphatic hydroxyl groups is 1. The highest BCUT2D eigenvalue weighted by Gasteiger charge is 2.16. The molecule has 1 aromatic rings. The molecule has 0 saturated carbocycles. The van der Waals surface area contributed by atoms with Gasteiger partial charge in [0.1, 0.15) is 0 Å². The average Bonchev–Trinajstić information content (AvgIpc) is 2.83. The van der Waals surface area contributed by atoms with E-state index in [2.05, 4.69) is 32.8 Å². The average molecular weight is 252 g/mol. The third-order valence-electron chi connectivity index (χ3n) is 3.79. The molecule has 0 spiro atoms. The fourth-order valence-electron chi connectivity index (χ4n) is 2.05. The molecule has 3 heteroatoms. The molecule has 0 aliphatic rings. The molecular formula is C15H28N2O. The van der Waals surface area contributed by atoms with E-state index in [1.807, 2.05) is 16.9 Å². The van der Waals surface area contributed by atoms with E-state index in [0.717, 1.165) is 18.5 Å². The van der Waals surface area contributed by atoms with Gasteiger partial charge in [-0.25, -0.2) is 0 Å². The van der Waals surface area contributed by atoms with Crippen molar-refractivity contribution in [2.75, 3.05) is 0 Å². The zero-order chi connectivity index (χ0) is 13.5. The van der Waals surface area contributed by atoms with Crippen LogP contribution in [-0.4, -0.2) is 21.0 Å². The number of hydrogen-bond donors (Lipinski definition) is 1. The summed E-state index contributed by atoms with van der Waals surface area (Å²) in [4.78, 5) is 0. The van der Waals surface area contributed by atoms with Gasteiger partial charge in [-0.1, -0.05) is 33.6 Å². The summed E-state index contributed by atoms with van der Waals surface area (Å²) < 4.78 is 2.00. The van der Waals surface area contributed by atoms with Crippen molar-refractivity contribution < 1.29 is 5.11 Å². The lowest BCUT2D eigenvalue weighted by Gasteiger charge is -2.17. The normalized spacial score (nSPS) is 16.5. The molecule has 18 heavy (non-hydrogen) atoms. The zero-order valence-corrected chi connectivity index (χ0v) is 12.3. The summed E-state index contributed by atoms with van der Waals surface area (Å²) in [6.07, 6.45) is 7.00. The molecule has 1 heterocycles. The van der Waals surface area contributed by atoms with Gasteiger partial charge in [0.2, 0.25) is 0 Å². The van der Waals surface area contributed by atoms with Crippen LogP contribution in [-0.2, 0) is 6.42 Å². The van der Waals surface area contributed by atoms with E-state index in [4.69, 9.17) is 0 Å². The monoisotopic (exact) mass is 252 g/mol. The second kappa shape index (κ2) is 7.57. The van der Waals surface area contributed by atoms with Gasteiger partial charge >= 0.3 is 0 Å². The SMILES string of the molecule is CCCCC(C)C(O)Cc1ccn(C(C)CC)n1. The van der Waals surface area contributed by atoms with Crippen molar-refractivity contribution in [2.45, 2.75) is 71.9 Å². The number of hydrogen-bond acceptors (Lipinski definition) is 2. The van der Waals surface area contributed by atoms with Crippen molar-refractivity contribution in [3.63, 3.8) is 0 Å². The lowest BCUT2D eigenvalue weighted by atomic mass is 9.95. The maximum Gasteiger partial charge on any atom is 0.0650 e. The Morgan fingerprint density at radius 3 is 2.67 bits per heavy atom. The Morgan fingerprint density at radius 2 is 2.06 bits per heavy atom. The van der Waals surface area contributed by atoms with Crippen LogP contribution in [0.3, 0.4) is 0 Å². The van der Waals surface area contributed by atoms with E-state index in [9.17, 15) is 5.11 Å². The van der Waals surface area contributed by atoms with Gasteiger partial charge in [-0.05, 0) is 31.7 Å². The first kappa shape index (κ1) is 15.2. The van der Waals surface area contributed by atoms with Crippen molar-refractivity contribution in [1.29, 1.82) is 0 Å². The Morgan fingerprint density at radius 1 is 1.33 bits per heavy atom. The van der Waals surface area contributed by atoms with Crippen molar-refractivity contribution in [3.05, 3.63) is 18.0 Å². The number of unbranched alkanes of at least 4 members (excludes halogenated alkanes) is 1. The summed E-state index contributed by atoms with van der Waals surface area (Å²) in [5, 5.41) is 14.7. The molecule has 0 aromatic carbocycles. The third-order valence-corrected chi connectivity index (χ3v) is 3.79. The fraction of sp³-hybridized carbons (Fsp3) is 0.800. The molecule has 3 unspecified atom stereocenters. The van der Waals surface area contributed by atoms with Gasteiger partial charge < -0.3 is 5.11 Å². The van der Waals surface area contributed by atoms with Gasteiger partial charge in [-0.2, -0.15) is 5.10 Å². The molecule has 1 aromatic heterocycles. The van der Waals surface area contributed by atoms with E-state index < -0.39 is 0 Å². The van der Waals surface area contributed by atoms with Gasteiger partial charge in [0.05, 0.1) is 11.8 Å². The van der Waals surface area contributed by atoms with Crippen LogP contribution in [0, 0.1) is 5.92 Å². The second-order valence-electron chi connectivity index (χ2n) is 5.44. The standard InChI is InChI=1S/C15H28N2O/c1-5-7-8-12(3)15(18)11-14-9-10-17(16-14)13(4)6-2/h9-10,12-13,15,18H,5-8,11H2,1-4H3. The maximum atomic E-state index is 10.2. The smallest absolute Gasteiger partial charge is 0.0650 e. The summed E-state index contributed by atoms with van der Waals surface area (Å²) in [7, 11) is 0. The van der Waals surface area contributed by atoms with Gasteiger partial charge in [-0.3, -0.25) is 4.68 Å². The molecule has 0 amide bonds. The van der Waals surface area contributed by atoms with E-state index in [1.165, 1.54) is 12.8 Å². The first-order chi connectivity index (χ1) is 8.58. The second-order valence-corrected chi connectivity index (χ2v) is 5.44. The molecule has 1 rings (SSSR count). The molecule has 0 aliphatic carbocycles. The predicted octanol–water partition coefficient (Wildman–Crippen LogP) is 3.58. The van der Waals surface area contributed by atoms with Crippen LogP contribution in [0.5, 0.6) is 0 Å². The van der Waals surface area contributed by atoms with Crippen LogP contribution in [0.2, 0.25) is 0 Å². The minimum Gasteiger partial charge on any atom is -0.392 e. The summed E-state index contributed by atoms with van der Waals surface area (Å²) in [6.45, 7) is 8.64. The number of nitrogens with zero attached hydrogens (tertiary/aromatic N) is 2. The van der Waals surface area contributed by atoms with E-state index in [0.29, 0.717) is 18.4 Å². The Labute approximate surface area is 111 Å². The van der Waals surface area contributed by atoms with E-state index >= 15 is 0 Å². The van der Waals surface area contributed by atoms with Gasteiger partial charge in [0.25, 0.3) is 0 Å². The van der Waals surface area contributed by atoms with E-state index in [1.54, 1.807) is 0 Å². The predicted molar refractivity (Wildman–Crippen MR) is 75.6 cm³/mol. The van der Waals surface area contributed by atoms with Crippen molar-refractivity contribution in [2.24, 2.45) is 5.92 Å². The number of aliphatic hydroxyl groups excluding tert-OH is 1. The van der Waals surface area contributed by atoms with Crippen LogP contribution in [0.15, 0.2) is 12.3 Å². The number of aromatic nitrogens is 2. The maximum absolute atomic E-state index is 10.2. The van der Waals surface area contributed by atoms with Crippen LogP contribution >= 0.6 is 0 Å². The van der Waals surface area contributed by atoms with Gasteiger partial charge in [0.15, 0.2) is 0 Å². The molecule has 0 aliphatic heterocycles. The minimum atomic E-state index is -0.267. The molecule has 3 nitrogen and oxygen atoms in total. The molecule has 3 atom stereocenters. The molecule has 0 bridgehead atoms. The Kier molecular flexibility index (Phi) is 6.41. The minimum absolute atomic E-state index is 0.267. The molecule has 0 saturated heterocycles. The molecular weight excluding hydrogens is 224 g/mol. The number of rotatable bonds is 8. The third kappa shape index (κ3) is 4.45. The van der Waals surface area contributed by atoms with Crippen LogP contribution in [0.4, 0.5) is 0 Å². The quantitative estimate of drug-likeness (QED) is 0.768. The summed E-state index contributed by atoms with van der Waals surface area (Å²) >= 11 is 0. The largest absolute Gasteiger partial charge is 0.392 e. The van der Waals surface area contributed by atoms with Crippen molar-refractivity contribution in [3.8, 4) is 0 Å². The first-order valence-corrected chi connectivity index (χ1v) is 7.30. The highest BCUT2D eigenvalue weighted by molar-refractivity contribution is 5.01. The summed E-state index contributed by atoms with van der Waals surface area (Å²) in [5.74, 6) is 0.360. The van der Waals surface area contributed by atoms with E-state index in [-0.39, 0.29) is 6.10 Å². The Balaban J connectivity index is 2.48. The Bertz CT molecular complexity index is 335. The lowest BCUT2D eigenvalue weighted by molar-refractivity contribution is 0.109. The topological polar surface area (TPSA) is 38.0 Å². The van der Waals surface area contributed by atoms with Crippen LogP contribution in [0.1, 0.15) is 65.1 Å². The first-order valence-electron chi connectivity index (χ1n) is 7.30. The molecule has 1 N–H and O–H groups in total. The highest BCUT2D eigenvalue weighted by Crippen LogP contribution is 2.16. The molecule has 0 fully saturated rings. The lowest BCUT2D eigenvalue weighted by Crippen LogP contribution is -2.20. The zero-order valence-electron chi connectivity index (χ0n) is 12.3. The molecule has 104 valence electrons. The van der Waals surface area contributed by atoms with Gasteiger partial charge in [-0.15, -0.1) is 0 Å².